The number of hydrogen-bond acceptors (Lipinski definition) is 5. The van der Waals surface area contributed by atoms with Crippen molar-refractivity contribution in [3.8, 4) is 0 Å². The van der Waals surface area contributed by atoms with E-state index < -0.39 is 23.7 Å². The van der Waals surface area contributed by atoms with E-state index in [0.29, 0.717) is 0 Å². The highest BCUT2D eigenvalue weighted by atomic mass is 16.6. The Kier molecular flexibility index (Phi) is 3.75. The quantitative estimate of drug-likeness (QED) is 0.635. The summed E-state index contributed by atoms with van der Waals surface area (Å²) in [6.07, 6.45) is -0.676. The highest BCUT2D eigenvalue weighted by Crippen LogP contribution is 2.19. The van der Waals surface area contributed by atoms with Crippen LogP contribution in [0.25, 0.3) is 0 Å². The van der Waals surface area contributed by atoms with Gasteiger partial charge in [0.25, 0.3) is 0 Å². The molecular weight excluding hydrogens is 226 g/mol. The largest absolute Gasteiger partial charge is 0.467 e. The van der Waals surface area contributed by atoms with Gasteiger partial charge in [-0.1, -0.05) is 0 Å². The molecule has 0 aliphatic carbocycles. The molecule has 17 heavy (non-hydrogen) atoms. The molecule has 1 aliphatic rings. The molecule has 1 aliphatic heterocycles. The molecule has 1 saturated heterocycles. The van der Waals surface area contributed by atoms with Crippen molar-refractivity contribution >= 4 is 17.8 Å². The van der Waals surface area contributed by atoms with Gasteiger partial charge in [0.05, 0.1) is 13.7 Å². The van der Waals surface area contributed by atoms with Gasteiger partial charge in [-0.25, -0.2) is 9.59 Å². The minimum Gasteiger partial charge on any atom is -0.467 e. The normalized spacial score (nSPS) is 20.4. The van der Waals surface area contributed by atoms with Crippen LogP contribution in [0.3, 0.4) is 0 Å². The van der Waals surface area contributed by atoms with Crippen molar-refractivity contribution in [3.63, 3.8) is 0 Å². The highest BCUT2D eigenvalue weighted by molar-refractivity contribution is 5.95. The smallest absolute Gasteiger partial charge is 0.411 e. The van der Waals surface area contributed by atoms with Gasteiger partial charge in [-0.15, -0.1) is 0 Å². The summed E-state index contributed by atoms with van der Waals surface area (Å²) >= 11 is 0. The molecule has 1 fully saturated rings. The number of ether oxygens (including phenoxy) is 2. The number of amides is 1. The zero-order chi connectivity index (χ0) is 13.2. The number of carbonyl (C=O) groups excluding carboxylic acids is 3. The number of likely N-dealkylation sites (tertiary alicyclic amines) is 1. The molecule has 0 aromatic rings. The number of carbonyl (C=O) groups is 3. The molecule has 0 unspecified atom stereocenters. The van der Waals surface area contributed by atoms with Crippen LogP contribution in [0.1, 0.15) is 27.2 Å². The third-order valence-electron chi connectivity index (χ3n) is 2.25. The second-order valence-electron chi connectivity index (χ2n) is 4.89. The minimum atomic E-state index is -0.859. The van der Waals surface area contributed by atoms with E-state index in [1.54, 1.807) is 20.8 Å². The Morgan fingerprint density at radius 3 is 2.41 bits per heavy atom. The Hall–Kier alpha value is -1.59. The molecule has 0 N–H and O–H groups in total. The molecule has 96 valence electrons. The molecule has 1 amide bonds. The summed E-state index contributed by atoms with van der Waals surface area (Å²) in [5, 5.41) is 0. The van der Waals surface area contributed by atoms with Gasteiger partial charge >= 0.3 is 12.1 Å². The average Bonchev–Trinajstić information content (AvgIpc) is 2.56. The zero-order valence-corrected chi connectivity index (χ0v) is 10.5. The van der Waals surface area contributed by atoms with Gasteiger partial charge in [0, 0.05) is 6.42 Å². The van der Waals surface area contributed by atoms with Crippen LogP contribution in [0.2, 0.25) is 0 Å². The molecule has 1 atom stereocenters. The van der Waals surface area contributed by atoms with Gasteiger partial charge in [0.1, 0.15) is 11.6 Å². The maximum atomic E-state index is 11.8. The molecule has 6 heteroatoms. The van der Waals surface area contributed by atoms with Gasteiger partial charge in [-0.3, -0.25) is 9.69 Å². The van der Waals surface area contributed by atoms with Crippen LogP contribution in [0.15, 0.2) is 0 Å². The van der Waals surface area contributed by atoms with Crippen LogP contribution in [0.5, 0.6) is 0 Å². The van der Waals surface area contributed by atoms with E-state index in [9.17, 15) is 14.4 Å². The van der Waals surface area contributed by atoms with Crippen molar-refractivity contribution in [1.82, 2.24) is 4.90 Å². The fourth-order valence-corrected chi connectivity index (χ4v) is 1.55. The minimum absolute atomic E-state index is 0.00802. The summed E-state index contributed by atoms with van der Waals surface area (Å²) in [6.45, 7) is 5.05. The number of Topliss-reactive ketones (excluding diaryl/α,β-unsaturated/α-hetero) is 1. The predicted molar refractivity (Wildman–Crippen MR) is 58.4 cm³/mol. The summed E-state index contributed by atoms with van der Waals surface area (Å²) in [6, 6.07) is -0.859. The fraction of sp³-hybridized carbons (Fsp3) is 0.727. The first-order chi connectivity index (χ1) is 7.74. The first kappa shape index (κ1) is 13.5. The van der Waals surface area contributed by atoms with Crippen molar-refractivity contribution in [3.05, 3.63) is 0 Å². The number of ketones is 1. The molecule has 6 nitrogen and oxygen atoms in total. The monoisotopic (exact) mass is 243 g/mol. The molecule has 0 spiro atoms. The van der Waals surface area contributed by atoms with Crippen molar-refractivity contribution < 1.29 is 23.9 Å². The van der Waals surface area contributed by atoms with Crippen LogP contribution < -0.4 is 0 Å². The predicted octanol–water partition coefficient (Wildman–Crippen LogP) is 0.738. The van der Waals surface area contributed by atoms with E-state index in [0.717, 1.165) is 4.90 Å². The van der Waals surface area contributed by atoms with Gasteiger partial charge < -0.3 is 9.47 Å². The third-order valence-corrected chi connectivity index (χ3v) is 2.25. The second kappa shape index (κ2) is 4.73. The van der Waals surface area contributed by atoms with Crippen molar-refractivity contribution in [2.24, 2.45) is 0 Å². The lowest BCUT2D eigenvalue weighted by Gasteiger charge is -2.26. The maximum absolute atomic E-state index is 11.8. The summed E-state index contributed by atoms with van der Waals surface area (Å²) in [5.41, 5.74) is -0.663. The van der Waals surface area contributed by atoms with Gasteiger partial charge in [-0.05, 0) is 20.8 Å². The third kappa shape index (κ3) is 3.44. The molecule has 0 bridgehead atoms. The van der Waals surface area contributed by atoms with Crippen LogP contribution in [-0.2, 0) is 19.1 Å². The summed E-state index contributed by atoms with van der Waals surface area (Å²) in [7, 11) is 1.22. The van der Waals surface area contributed by atoms with Crippen LogP contribution in [-0.4, -0.2) is 48.0 Å². The van der Waals surface area contributed by atoms with Crippen molar-refractivity contribution in [2.45, 2.75) is 38.8 Å². The highest BCUT2D eigenvalue weighted by Gasteiger charge is 2.41. The fourth-order valence-electron chi connectivity index (χ4n) is 1.55. The van der Waals surface area contributed by atoms with E-state index in [2.05, 4.69) is 4.74 Å². The Balaban J connectivity index is 2.77. The molecule has 0 aromatic heterocycles. The van der Waals surface area contributed by atoms with E-state index in [1.165, 1.54) is 7.11 Å². The molecule has 1 heterocycles. The molecule has 0 saturated carbocycles. The van der Waals surface area contributed by atoms with Crippen LogP contribution in [0.4, 0.5) is 4.79 Å². The van der Waals surface area contributed by atoms with E-state index in [1.807, 2.05) is 0 Å². The SMILES string of the molecule is COC(=O)[C@H]1CC(=O)CN1C(=O)OC(C)(C)C. The topological polar surface area (TPSA) is 72.9 Å². The average molecular weight is 243 g/mol. The molecule has 0 aromatic carbocycles. The summed E-state index contributed by atoms with van der Waals surface area (Å²) < 4.78 is 9.67. The van der Waals surface area contributed by atoms with Crippen LogP contribution in [0, 0.1) is 0 Å². The molecule has 0 radical (unpaired) electrons. The maximum Gasteiger partial charge on any atom is 0.411 e. The summed E-state index contributed by atoms with van der Waals surface area (Å²) in [5.74, 6) is -0.770. The lowest BCUT2D eigenvalue weighted by molar-refractivity contribution is -0.145. The number of hydrogen-bond donors (Lipinski definition) is 0. The second-order valence-corrected chi connectivity index (χ2v) is 4.89. The zero-order valence-electron chi connectivity index (χ0n) is 10.5. The standard InChI is InChI=1S/C11H17NO5/c1-11(2,3)17-10(15)12-6-7(13)5-8(12)9(14)16-4/h8H,5-6H2,1-4H3/t8-/m1/s1. The number of nitrogens with zero attached hydrogens (tertiary/aromatic N) is 1. The number of esters is 1. The molecular formula is C11H17NO5. The van der Waals surface area contributed by atoms with Crippen molar-refractivity contribution in [1.29, 1.82) is 0 Å². The Morgan fingerprint density at radius 2 is 1.94 bits per heavy atom. The Morgan fingerprint density at radius 1 is 1.35 bits per heavy atom. The van der Waals surface area contributed by atoms with Gasteiger partial charge in [0.15, 0.2) is 5.78 Å². The van der Waals surface area contributed by atoms with E-state index in [-0.39, 0.29) is 18.7 Å². The van der Waals surface area contributed by atoms with Crippen LogP contribution >= 0.6 is 0 Å². The van der Waals surface area contributed by atoms with E-state index >= 15 is 0 Å². The molecule has 1 rings (SSSR count). The first-order valence-corrected chi connectivity index (χ1v) is 5.34. The first-order valence-electron chi connectivity index (χ1n) is 5.34. The van der Waals surface area contributed by atoms with Gasteiger partial charge in [0.2, 0.25) is 0 Å². The lowest BCUT2D eigenvalue weighted by atomic mass is 10.2. The lowest BCUT2D eigenvalue weighted by Crippen LogP contribution is -2.43. The number of rotatable bonds is 1. The van der Waals surface area contributed by atoms with E-state index in [4.69, 9.17) is 4.74 Å². The Bertz CT molecular complexity index is 344. The summed E-state index contributed by atoms with van der Waals surface area (Å²) in [4.78, 5) is 35.6. The van der Waals surface area contributed by atoms with Gasteiger partial charge in [-0.2, -0.15) is 0 Å². The van der Waals surface area contributed by atoms with Crippen molar-refractivity contribution in [2.75, 3.05) is 13.7 Å². The number of methoxy groups -OCH3 is 1. The Labute approximate surface area is 99.9 Å².